The number of rotatable bonds is 5. The van der Waals surface area contributed by atoms with Crippen molar-refractivity contribution in [3.63, 3.8) is 0 Å². The summed E-state index contributed by atoms with van der Waals surface area (Å²) in [5.74, 6) is 4.35. The molecule has 2 saturated carbocycles. The van der Waals surface area contributed by atoms with E-state index in [-0.39, 0.29) is 24.9 Å². The van der Waals surface area contributed by atoms with Crippen molar-refractivity contribution >= 4 is 24.1 Å². The maximum absolute atomic E-state index is 12.8. The summed E-state index contributed by atoms with van der Waals surface area (Å²) in [6, 6.07) is 12.1. The van der Waals surface area contributed by atoms with E-state index in [2.05, 4.69) is 57.6 Å². The van der Waals surface area contributed by atoms with Gasteiger partial charge in [-0.2, -0.15) is 0 Å². The van der Waals surface area contributed by atoms with E-state index in [9.17, 15) is 19.2 Å². The molecule has 10 rings (SSSR count). The minimum absolute atomic E-state index is 0.0811. The zero-order chi connectivity index (χ0) is 38.7. The molecule has 4 bridgehead atoms. The van der Waals surface area contributed by atoms with E-state index in [1.165, 1.54) is 0 Å². The van der Waals surface area contributed by atoms with Crippen LogP contribution < -0.4 is 11.5 Å². The van der Waals surface area contributed by atoms with Gasteiger partial charge in [0, 0.05) is 72.7 Å². The maximum atomic E-state index is 12.8. The molecule has 286 valence electrons. The van der Waals surface area contributed by atoms with E-state index < -0.39 is 47.3 Å². The van der Waals surface area contributed by atoms with Gasteiger partial charge in [-0.1, -0.05) is 36.4 Å². The van der Waals surface area contributed by atoms with Crippen LogP contribution in [0, 0.1) is 13.8 Å². The molecule has 8 atom stereocenters. The van der Waals surface area contributed by atoms with Crippen LogP contribution in [-0.4, -0.2) is 78.3 Å². The first-order valence-corrected chi connectivity index (χ1v) is 19.4. The number of nitrogens with zero attached hydrogens (tertiary/aromatic N) is 4. The Bertz CT molecular complexity index is 2430. The molecule has 6 N–H and O–H groups in total. The van der Waals surface area contributed by atoms with Crippen molar-refractivity contribution in [1.82, 2.24) is 29.7 Å². The average molecular weight is 755 g/mol. The third kappa shape index (κ3) is 4.70. The van der Waals surface area contributed by atoms with Gasteiger partial charge in [0.1, 0.15) is 23.5 Å². The van der Waals surface area contributed by atoms with Crippen molar-refractivity contribution in [1.29, 1.82) is 0 Å². The highest BCUT2D eigenvalue weighted by atomic mass is 16.6. The van der Waals surface area contributed by atoms with Gasteiger partial charge in [-0.25, -0.2) is 29.1 Å². The second-order valence-electron chi connectivity index (χ2n) is 16.3. The van der Waals surface area contributed by atoms with Crippen LogP contribution in [-0.2, 0) is 19.1 Å². The monoisotopic (exact) mass is 754 g/mol. The number of primary amides is 2. The number of ether oxygens (including phenoxy) is 2. The topological polar surface area (TPSA) is 203 Å². The fourth-order valence-corrected chi connectivity index (χ4v) is 11.7. The van der Waals surface area contributed by atoms with Gasteiger partial charge in [0.05, 0.1) is 23.9 Å². The Morgan fingerprint density at radius 2 is 1.27 bits per heavy atom. The zero-order valence-corrected chi connectivity index (χ0v) is 31.1. The summed E-state index contributed by atoms with van der Waals surface area (Å²) in [4.78, 5) is 71.3. The van der Waals surface area contributed by atoms with Gasteiger partial charge in [-0.15, -0.1) is 0 Å². The van der Waals surface area contributed by atoms with Crippen LogP contribution in [0.2, 0.25) is 0 Å². The van der Waals surface area contributed by atoms with Crippen LogP contribution in [0.25, 0.3) is 11.1 Å². The lowest BCUT2D eigenvalue weighted by atomic mass is 9.78. The molecule has 0 spiro atoms. The standard InChI is InChI=1S/C42H42N8O6/c1-21-22(2)28(34-26(20-52)16-42(56-40(44)54)36(34)30-18-46-38(48-30)32-6-4-14-50(32)42)12-11-27(21)23-7-9-24(10-8-23)33-25(19-51)15-41(55-39(43)53)35(33)29-17-45-37(47-29)31-5-3-13-49(31)41/h7-12,17-18,31-36H,3-6,13-16H2,1-2H3,(H2,43,53)(H2,44,54)(H,45,47)(H,46,48)/t31?,32?,33?,34-,35-,36-,41-,42-/m1/s1. The number of aromatic amines is 2. The number of carbonyl (C=O) groups is 2. The number of benzene rings is 2. The van der Waals surface area contributed by atoms with Gasteiger partial charge >= 0.3 is 12.2 Å². The highest BCUT2D eigenvalue weighted by Gasteiger charge is 2.65. The number of hydrogen-bond donors (Lipinski definition) is 4. The highest BCUT2D eigenvalue weighted by molar-refractivity contribution is 5.73. The normalized spacial score (nSPS) is 31.4. The SMILES string of the molecule is Cc1c(-c2ccc(C3C(=C=O)C[C@@]4(OC(N)=O)[C@@H]3c3cnc([nH]3)C3CCCN34)cc2)ccc([C@H]2C(=C=O)C[C@@]3(OC(N)=O)[C@@H]2c2cnc([nH]2)C2CCCN23)c1C. The van der Waals surface area contributed by atoms with Crippen LogP contribution >= 0.6 is 0 Å². The summed E-state index contributed by atoms with van der Waals surface area (Å²) in [5, 5.41) is 0. The van der Waals surface area contributed by atoms with Gasteiger partial charge in [0.2, 0.25) is 0 Å². The average Bonchev–Trinajstić information content (AvgIpc) is 4.02. The molecule has 3 unspecified atom stereocenters. The third-order valence-electron chi connectivity index (χ3n) is 13.8. The molecule has 0 radical (unpaired) electrons. The number of nitrogens with two attached hydrogens (primary N) is 2. The third-order valence-corrected chi connectivity index (χ3v) is 13.8. The predicted octanol–water partition coefficient (Wildman–Crippen LogP) is 5.36. The fourth-order valence-electron chi connectivity index (χ4n) is 11.7. The number of aromatic nitrogens is 4. The quantitative estimate of drug-likeness (QED) is 0.192. The highest BCUT2D eigenvalue weighted by Crippen LogP contribution is 2.63. The summed E-state index contributed by atoms with van der Waals surface area (Å²) < 4.78 is 12.2. The van der Waals surface area contributed by atoms with Gasteiger partial charge in [0.25, 0.3) is 0 Å². The molecule has 2 saturated heterocycles. The lowest BCUT2D eigenvalue weighted by Gasteiger charge is -2.43. The van der Waals surface area contributed by atoms with Crippen molar-refractivity contribution < 1.29 is 28.7 Å². The molecule has 2 aliphatic carbocycles. The van der Waals surface area contributed by atoms with Gasteiger partial charge in [0.15, 0.2) is 11.4 Å². The Morgan fingerprint density at radius 3 is 1.79 bits per heavy atom. The van der Waals surface area contributed by atoms with Crippen LogP contribution in [0.5, 0.6) is 0 Å². The number of carbonyl (C=O) groups excluding carboxylic acids is 4. The number of imidazole rings is 2. The Labute approximate surface area is 322 Å². The first kappa shape index (κ1) is 34.7. The maximum Gasteiger partial charge on any atom is 0.406 e. The van der Waals surface area contributed by atoms with Crippen molar-refractivity contribution in [2.24, 2.45) is 11.5 Å². The van der Waals surface area contributed by atoms with Crippen molar-refractivity contribution in [3.8, 4) is 11.1 Å². The molecule has 2 aromatic carbocycles. The molecule has 6 aliphatic rings. The smallest absolute Gasteiger partial charge is 0.406 e. The van der Waals surface area contributed by atoms with Crippen molar-refractivity contribution in [2.45, 2.75) is 99.6 Å². The molecule has 4 fully saturated rings. The lowest BCUT2D eigenvalue weighted by molar-refractivity contribution is -0.124. The molecular formula is C42H42N8O6. The zero-order valence-electron chi connectivity index (χ0n) is 31.1. The first-order valence-electron chi connectivity index (χ1n) is 19.4. The summed E-state index contributed by atoms with van der Waals surface area (Å²) in [6.45, 7) is 5.49. The van der Waals surface area contributed by atoms with E-state index >= 15 is 0 Å². The molecular weight excluding hydrogens is 713 g/mol. The molecule has 14 nitrogen and oxygen atoms in total. The predicted molar refractivity (Wildman–Crippen MR) is 201 cm³/mol. The Morgan fingerprint density at radius 1 is 0.750 bits per heavy atom. The summed E-state index contributed by atoms with van der Waals surface area (Å²) in [6.07, 6.45) is 5.71. The summed E-state index contributed by atoms with van der Waals surface area (Å²) in [5.41, 5.74) is 17.6. The van der Waals surface area contributed by atoms with Crippen molar-refractivity contribution in [3.05, 3.63) is 105 Å². The van der Waals surface area contributed by atoms with E-state index in [1.54, 1.807) is 12.4 Å². The molecule has 2 aromatic heterocycles. The second kappa shape index (κ2) is 12.4. The first-order chi connectivity index (χ1) is 27.1. The van der Waals surface area contributed by atoms with Crippen LogP contribution in [0.1, 0.15) is 120 Å². The molecule has 56 heavy (non-hydrogen) atoms. The molecule has 2 amide bonds. The Hall–Kier alpha value is -5.78. The number of fused-ring (bicyclic) bond motifs is 14. The largest absolute Gasteiger partial charge is 0.427 e. The lowest BCUT2D eigenvalue weighted by Crippen LogP contribution is -2.54. The minimum Gasteiger partial charge on any atom is -0.427 e. The summed E-state index contributed by atoms with van der Waals surface area (Å²) in [7, 11) is 0. The molecule has 6 heterocycles. The molecule has 4 aromatic rings. The number of hydrogen-bond acceptors (Lipinski definition) is 10. The van der Waals surface area contributed by atoms with E-state index in [0.29, 0.717) is 24.2 Å². The number of nitrogens with one attached hydrogen (secondary N) is 2. The van der Waals surface area contributed by atoms with Gasteiger partial charge < -0.3 is 30.9 Å². The van der Waals surface area contributed by atoms with E-state index in [1.807, 2.05) is 24.3 Å². The second-order valence-corrected chi connectivity index (χ2v) is 16.3. The Kier molecular flexibility index (Phi) is 7.66. The molecule has 14 heteroatoms. The van der Waals surface area contributed by atoms with Crippen LogP contribution in [0.3, 0.4) is 0 Å². The number of amides is 2. The van der Waals surface area contributed by atoms with Crippen molar-refractivity contribution in [2.75, 3.05) is 13.1 Å². The van der Waals surface area contributed by atoms with Crippen LogP contribution in [0.4, 0.5) is 9.59 Å². The fraction of sp³-hybridized carbons (Fsp3) is 0.429. The van der Waals surface area contributed by atoms with Gasteiger partial charge in [-0.3, -0.25) is 9.80 Å². The van der Waals surface area contributed by atoms with E-state index in [4.69, 9.17) is 30.9 Å². The Balaban J connectivity index is 1.02. The number of H-pyrrole nitrogens is 2. The molecule has 4 aliphatic heterocycles. The van der Waals surface area contributed by atoms with Gasteiger partial charge in [-0.05, 0) is 72.9 Å². The van der Waals surface area contributed by atoms with Crippen LogP contribution in [0.15, 0.2) is 59.9 Å². The van der Waals surface area contributed by atoms with E-state index in [0.717, 1.165) is 82.1 Å². The minimum atomic E-state index is -1.16. The summed E-state index contributed by atoms with van der Waals surface area (Å²) >= 11 is 0.